The van der Waals surface area contributed by atoms with Crippen LogP contribution in [0.25, 0.3) is 0 Å². The third-order valence-electron chi connectivity index (χ3n) is 6.96. The van der Waals surface area contributed by atoms with Gasteiger partial charge in [0.05, 0.1) is 6.61 Å². The summed E-state index contributed by atoms with van der Waals surface area (Å²) < 4.78 is 32.0. The highest BCUT2D eigenvalue weighted by Gasteiger charge is 2.36. The van der Waals surface area contributed by atoms with Crippen molar-refractivity contribution in [3.8, 4) is 11.5 Å². The predicted octanol–water partition coefficient (Wildman–Crippen LogP) is 6.42. The van der Waals surface area contributed by atoms with Crippen LogP contribution in [0, 0.1) is 11.8 Å². The van der Waals surface area contributed by atoms with E-state index in [-0.39, 0.29) is 24.0 Å². The first-order valence-electron chi connectivity index (χ1n) is 14.1. The number of carbonyl (C=O) groups excluding carboxylic acids is 3. The molecule has 0 aliphatic carbocycles. The molecule has 1 rings (SSSR count). The number of carboxylic acids is 1. The zero-order chi connectivity index (χ0) is 32.4. The molecule has 0 aliphatic rings. The zero-order valence-corrected chi connectivity index (χ0v) is 26.3. The number of ether oxygens (including phenoxy) is 6. The highest BCUT2D eigenvalue weighted by atomic mass is 16.8. The largest absolute Gasteiger partial charge is 0.514 e. The summed E-state index contributed by atoms with van der Waals surface area (Å²) in [5.74, 6) is -3.20. The van der Waals surface area contributed by atoms with Gasteiger partial charge in [-0.25, -0.2) is 14.4 Å². The van der Waals surface area contributed by atoms with Gasteiger partial charge in [-0.1, -0.05) is 40.7 Å². The van der Waals surface area contributed by atoms with E-state index in [0.717, 1.165) is 0 Å². The fourth-order valence-electron chi connectivity index (χ4n) is 3.52. The molecule has 0 saturated carbocycles. The second-order valence-electron chi connectivity index (χ2n) is 11.9. The fourth-order valence-corrected chi connectivity index (χ4v) is 3.52. The molecule has 3 N–H and O–H groups in total. The third kappa shape index (κ3) is 11.8. The summed E-state index contributed by atoms with van der Waals surface area (Å²) in [5.41, 5.74) is 4.76. The molecule has 0 aliphatic heterocycles. The maximum absolute atomic E-state index is 12.7. The molecule has 4 atom stereocenters. The van der Waals surface area contributed by atoms with Gasteiger partial charge >= 0.3 is 24.4 Å². The van der Waals surface area contributed by atoms with E-state index < -0.39 is 59.6 Å². The molecule has 0 heterocycles. The van der Waals surface area contributed by atoms with Crippen LogP contribution >= 0.6 is 0 Å². The molecule has 1 aromatic carbocycles. The van der Waals surface area contributed by atoms with Gasteiger partial charge in [-0.05, 0) is 71.1 Å². The molecule has 0 saturated heterocycles. The van der Waals surface area contributed by atoms with Crippen LogP contribution in [-0.4, -0.2) is 59.5 Å². The number of benzene rings is 1. The maximum Gasteiger partial charge on any atom is 0.514 e. The molecule has 0 spiro atoms. The van der Waals surface area contributed by atoms with Gasteiger partial charge in [0.1, 0.15) is 23.3 Å². The topological polar surface area (TPSA) is 170 Å². The molecular weight excluding hydrogens is 550 g/mol. The number of rotatable bonds is 14. The Morgan fingerprint density at radius 2 is 1.33 bits per heavy atom. The number of carbonyl (C=O) groups is 4. The lowest BCUT2D eigenvalue weighted by Gasteiger charge is -2.31. The summed E-state index contributed by atoms with van der Waals surface area (Å²) in [6.07, 6.45) is -2.80. The van der Waals surface area contributed by atoms with Crippen LogP contribution in [0.3, 0.4) is 0 Å². The van der Waals surface area contributed by atoms with Crippen LogP contribution in [-0.2, 0) is 23.7 Å². The summed E-state index contributed by atoms with van der Waals surface area (Å²) >= 11 is 0. The van der Waals surface area contributed by atoms with Gasteiger partial charge in [-0.3, -0.25) is 4.79 Å². The highest BCUT2D eigenvalue weighted by Crippen LogP contribution is 2.38. The van der Waals surface area contributed by atoms with E-state index in [1.165, 1.54) is 18.2 Å². The second kappa shape index (κ2) is 15.6. The van der Waals surface area contributed by atoms with Crippen molar-refractivity contribution >= 4 is 24.4 Å². The molecule has 3 unspecified atom stereocenters. The van der Waals surface area contributed by atoms with E-state index in [9.17, 15) is 24.3 Å². The van der Waals surface area contributed by atoms with Gasteiger partial charge in [-0.15, -0.1) is 0 Å². The quantitative estimate of drug-likeness (QED) is 0.137. The minimum Gasteiger partial charge on any atom is -0.480 e. The van der Waals surface area contributed by atoms with Crippen LogP contribution < -0.4 is 15.2 Å². The number of aliphatic carboxylic acids is 1. The molecule has 42 heavy (non-hydrogen) atoms. The van der Waals surface area contributed by atoms with Crippen LogP contribution in [0.1, 0.15) is 93.6 Å². The Kier molecular flexibility index (Phi) is 13.6. The Bertz CT molecular complexity index is 1080. The monoisotopic (exact) mass is 597 g/mol. The minimum absolute atomic E-state index is 0.0949. The van der Waals surface area contributed by atoms with E-state index in [2.05, 4.69) is 0 Å². The van der Waals surface area contributed by atoms with E-state index >= 15 is 0 Å². The van der Waals surface area contributed by atoms with Crippen LogP contribution in [0.2, 0.25) is 0 Å². The summed E-state index contributed by atoms with van der Waals surface area (Å²) in [6.45, 7) is 17.6. The van der Waals surface area contributed by atoms with Crippen molar-refractivity contribution in [2.24, 2.45) is 17.6 Å². The summed E-state index contributed by atoms with van der Waals surface area (Å²) in [4.78, 5) is 49.4. The van der Waals surface area contributed by atoms with E-state index in [4.69, 9.17) is 34.2 Å². The van der Waals surface area contributed by atoms with Gasteiger partial charge in [0.15, 0.2) is 11.5 Å². The summed E-state index contributed by atoms with van der Waals surface area (Å²) in [6, 6.07) is 2.70. The lowest BCUT2D eigenvalue weighted by molar-refractivity contribution is -0.139. The first kappa shape index (κ1) is 36.5. The zero-order valence-electron chi connectivity index (χ0n) is 26.3. The Labute approximate surface area is 248 Å². The predicted molar refractivity (Wildman–Crippen MR) is 154 cm³/mol. The Hall–Kier alpha value is -3.54. The SMILES string of the molecule is CCC(C)(C)OC(=O)Oc1ccc(C(C(C)C(C)OC(=O)OCC(C)C)[C@H](N)C(=O)O)cc1OC(=O)OC(C)(C)CC. The van der Waals surface area contributed by atoms with Crippen LogP contribution in [0.4, 0.5) is 14.4 Å². The van der Waals surface area contributed by atoms with Crippen molar-refractivity contribution in [3.63, 3.8) is 0 Å². The molecule has 0 bridgehead atoms. The van der Waals surface area contributed by atoms with Gasteiger partial charge in [0, 0.05) is 11.8 Å². The van der Waals surface area contributed by atoms with E-state index in [0.29, 0.717) is 18.4 Å². The normalized spacial score (nSPS) is 14.7. The second-order valence-corrected chi connectivity index (χ2v) is 11.9. The van der Waals surface area contributed by atoms with Crippen molar-refractivity contribution in [2.75, 3.05) is 6.61 Å². The maximum atomic E-state index is 12.7. The molecule has 1 aromatic rings. The number of hydrogen-bond donors (Lipinski definition) is 2. The van der Waals surface area contributed by atoms with E-state index in [1.807, 2.05) is 27.7 Å². The van der Waals surface area contributed by atoms with Gasteiger partial charge in [-0.2, -0.15) is 0 Å². The standard InChI is InChI=1S/C30H47NO11/c1-11-29(7,8)41-27(35)39-21-14-13-20(15-22(21)40-28(36)42-30(9,10)12-2)23(24(31)25(32)33)18(5)19(6)38-26(34)37-16-17(3)4/h13-15,17-19,23-24H,11-12,16,31H2,1-10H3,(H,32,33)/t18?,19?,23?,24-/m0/s1. The van der Waals surface area contributed by atoms with Crippen molar-refractivity contribution in [2.45, 2.75) is 111 Å². The lowest BCUT2D eigenvalue weighted by atomic mass is 9.79. The smallest absolute Gasteiger partial charge is 0.480 e. The first-order valence-corrected chi connectivity index (χ1v) is 14.1. The summed E-state index contributed by atoms with van der Waals surface area (Å²) in [7, 11) is 0. The third-order valence-corrected chi connectivity index (χ3v) is 6.96. The Morgan fingerprint density at radius 1 is 0.833 bits per heavy atom. The number of hydrogen-bond acceptors (Lipinski definition) is 11. The molecular formula is C30H47NO11. The molecule has 12 heteroatoms. The molecule has 0 aromatic heterocycles. The van der Waals surface area contributed by atoms with Crippen molar-refractivity contribution < 1.29 is 52.7 Å². The minimum atomic E-state index is -1.45. The van der Waals surface area contributed by atoms with Gasteiger partial charge in [0.25, 0.3) is 0 Å². The first-order chi connectivity index (χ1) is 19.3. The van der Waals surface area contributed by atoms with Crippen LogP contribution in [0.15, 0.2) is 18.2 Å². The average Bonchev–Trinajstić information content (AvgIpc) is 2.88. The average molecular weight is 598 g/mol. The van der Waals surface area contributed by atoms with Gasteiger partial charge < -0.3 is 39.3 Å². The van der Waals surface area contributed by atoms with Crippen molar-refractivity contribution in [1.29, 1.82) is 0 Å². The highest BCUT2D eigenvalue weighted by molar-refractivity contribution is 5.75. The van der Waals surface area contributed by atoms with Gasteiger partial charge in [0.2, 0.25) is 0 Å². The molecule has 0 fully saturated rings. The van der Waals surface area contributed by atoms with E-state index in [1.54, 1.807) is 41.5 Å². The molecule has 0 radical (unpaired) electrons. The Balaban J connectivity index is 3.48. The fraction of sp³-hybridized carbons (Fsp3) is 0.667. The Morgan fingerprint density at radius 3 is 1.79 bits per heavy atom. The molecule has 12 nitrogen and oxygen atoms in total. The molecule has 238 valence electrons. The van der Waals surface area contributed by atoms with Crippen molar-refractivity contribution in [1.82, 2.24) is 0 Å². The lowest BCUT2D eigenvalue weighted by Crippen LogP contribution is -2.42. The number of nitrogens with two attached hydrogens (primary N) is 1. The summed E-state index contributed by atoms with van der Waals surface area (Å²) in [5, 5.41) is 9.80. The molecule has 0 amide bonds. The van der Waals surface area contributed by atoms with Crippen molar-refractivity contribution in [3.05, 3.63) is 23.8 Å². The van der Waals surface area contributed by atoms with Crippen LogP contribution in [0.5, 0.6) is 11.5 Å². The number of carboxylic acid groups (broad SMARTS) is 1.